The zero-order chi connectivity index (χ0) is 16.4. The number of hydrogen-bond donors (Lipinski definition) is 1. The Bertz CT molecular complexity index is 961. The lowest BCUT2D eigenvalue weighted by molar-refractivity contribution is 1.07. The van der Waals surface area contributed by atoms with Crippen LogP contribution in [0.3, 0.4) is 0 Å². The fraction of sp³-hybridized carbons (Fsp3) is 0.105. The molecule has 118 valence electrons. The quantitative estimate of drug-likeness (QED) is 0.624. The third-order valence-corrected chi connectivity index (χ3v) is 3.87. The summed E-state index contributed by atoms with van der Waals surface area (Å²) >= 11 is 0. The molecule has 0 amide bonds. The number of hydrogen-bond acceptors (Lipinski definition) is 4. The van der Waals surface area contributed by atoms with Gasteiger partial charge in [0.2, 0.25) is 0 Å². The molecule has 5 nitrogen and oxygen atoms in total. The summed E-state index contributed by atoms with van der Waals surface area (Å²) in [4.78, 5) is 13.3. The summed E-state index contributed by atoms with van der Waals surface area (Å²) in [6, 6.07) is 14.4. The van der Waals surface area contributed by atoms with Gasteiger partial charge < -0.3 is 5.32 Å². The summed E-state index contributed by atoms with van der Waals surface area (Å²) in [5, 5.41) is 3.51. The Balaban J connectivity index is 1.80. The molecule has 24 heavy (non-hydrogen) atoms. The first-order valence-corrected chi connectivity index (χ1v) is 7.84. The minimum Gasteiger partial charge on any atom is -0.365 e. The zero-order valence-corrected chi connectivity index (χ0v) is 13.3. The summed E-state index contributed by atoms with van der Waals surface area (Å²) < 4.78 is 2.07. The second-order valence-electron chi connectivity index (χ2n) is 5.67. The average molecular weight is 315 g/mol. The number of nitrogens with one attached hydrogen (secondary N) is 1. The molecule has 0 saturated heterocycles. The van der Waals surface area contributed by atoms with E-state index in [0.717, 1.165) is 29.4 Å². The van der Waals surface area contributed by atoms with E-state index in [9.17, 15) is 0 Å². The number of fused-ring (bicyclic) bond motifs is 1. The van der Waals surface area contributed by atoms with Crippen LogP contribution >= 0.6 is 0 Å². The van der Waals surface area contributed by atoms with Crippen LogP contribution in [-0.2, 0) is 6.54 Å². The van der Waals surface area contributed by atoms with Gasteiger partial charge in [0.15, 0.2) is 0 Å². The van der Waals surface area contributed by atoms with Crippen molar-refractivity contribution < 1.29 is 0 Å². The van der Waals surface area contributed by atoms with Crippen LogP contribution in [0.15, 0.2) is 67.3 Å². The van der Waals surface area contributed by atoms with Crippen LogP contribution in [0.25, 0.3) is 17.0 Å². The van der Waals surface area contributed by atoms with E-state index >= 15 is 0 Å². The van der Waals surface area contributed by atoms with E-state index < -0.39 is 0 Å². The van der Waals surface area contributed by atoms with Crippen molar-refractivity contribution in [3.05, 3.63) is 78.4 Å². The van der Waals surface area contributed by atoms with E-state index in [1.54, 1.807) is 18.6 Å². The number of benzene rings is 1. The van der Waals surface area contributed by atoms with Crippen LogP contribution in [0.4, 0.5) is 5.82 Å². The number of aryl methyl sites for hydroxylation is 1. The van der Waals surface area contributed by atoms with Crippen molar-refractivity contribution in [1.29, 1.82) is 0 Å². The standard InChI is InChI=1S/C19H17N5/c1-14-7-8-17-23-18(16-12-20-9-10-21-16)19(24(17)13-14)22-11-15-5-3-2-4-6-15/h2-10,12-13,22H,11H2,1H3. The summed E-state index contributed by atoms with van der Waals surface area (Å²) in [7, 11) is 0. The number of aromatic nitrogens is 4. The topological polar surface area (TPSA) is 55.1 Å². The maximum Gasteiger partial charge on any atom is 0.140 e. The molecular formula is C19H17N5. The summed E-state index contributed by atoms with van der Waals surface area (Å²) in [5.41, 5.74) is 4.84. The average Bonchev–Trinajstić information content (AvgIpc) is 2.99. The maximum atomic E-state index is 4.73. The molecule has 0 radical (unpaired) electrons. The van der Waals surface area contributed by atoms with Crippen LogP contribution in [0.2, 0.25) is 0 Å². The normalized spacial score (nSPS) is 10.9. The Morgan fingerprint density at radius 1 is 1.04 bits per heavy atom. The Hall–Kier alpha value is -3.21. The van der Waals surface area contributed by atoms with Gasteiger partial charge in [0.1, 0.15) is 22.9 Å². The van der Waals surface area contributed by atoms with Crippen molar-refractivity contribution >= 4 is 11.5 Å². The van der Waals surface area contributed by atoms with Crippen LogP contribution in [0, 0.1) is 6.92 Å². The fourth-order valence-electron chi connectivity index (χ4n) is 2.70. The molecule has 0 unspecified atom stereocenters. The van der Waals surface area contributed by atoms with E-state index in [1.165, 1.54) is 11.1 Å². The molecule has 3 heterocycles. The van der Waals surface area contributed by atoms with E-state index in [2.05, 4.69) is 51.0 Å². The van der Waals surface area contributed by atoms with Crippen molar-refractivity contribution in [3.63, 3.8) is 0 Å². The van der Waals surface area contributed by atoms with Crippen molar-refractivity contribution in [2.24, 2.45) is 0 Å². The Morgan fingerprint density at radius 3 is 2.71 bits per heavy atom. The van der Waals surface area contributed by atoms with E-state index in [-0.39, 0.29) is 0 Å². The fourth-order valence-corrected chi connectivity index (χ4v) is 2.70. The van der Waals surface area contributed by atoms with Gasteiger partial charge >= 0.3 is 0 Å². The molecule has 0 aliphatic rings. The Morgan fingerprint density at radius 2 is 1.92 bits per heavy atom. The van der Waals surface area contributed by atoms with Crippen molar-refractivity contribution in [2.75, 3.05) is 5.32 Å². The van der Waals surface area contributed by atoms with Gasteiger partial charge in [0.25, 0.3) is 0 Å². The van der Waals surface area contributed by atoms with Gasteiger partial charge in [-0.25, -0.2) is 4.98 Å². The van der Waals surface area contributed by atoms with Gasteiger partial charge in [0, 0.05) is 25.1 Å². The molecule has 0 saturated carbocycles. The smallest absolute Gasteiger partial charge is 0.140 e. The summed E-state index contributed by atoms with van der Waals surface area (Å²) in [6.07, 6.45) is 7.17. The second-order valence-corrected chi connectivity index (χ2v) is 5.67. The van der Waals surface area contributed by atoms with Gasteiger partial charge in [-0.1, -0.05) is 36.4 Å². The molecule has 1 aromatic carbocycles. The number of nitrogens with zero attached hydrogens (tertiary/aromatic N) is 4. The van der Waals surface area contributed by atoms with Gasteiger partial charge in [-0.2, -0.15) is 0 Å². The molecular weight excluding hydrogens is 298 g/mol. The number of pyridine rings is 1. The Labute approximate surface area is 140 Å². The minimum atomic E-state index is 0.718. The van der Waals surface area contributed by atoms with Crippen molar-refractivity contribution in [1.82, 2.24) is 19.4 Å². The Kier molecular flexibility index (Phi) is 3.67. The third-order valence-electron chi connectivity index (χ3n) is 3.87. The van der Waals surface area contributed by atoms with E-state index in [1.807, 2.05) is 24.3 Å². The van der Waals surface area contributed by atoms with Crippen molar-refractivity contribution in [3.8, 4) is 11.4 Å². The molecule has 4 aromatic rings. The lowest BCUT2D eigenvalue weighted by Gasteiger charge is -2.09. The highest BCUT2D eigenvalue weighted by molar-refractivity contribution is 5.74. The molecule has 0 aliphatic carbocycles. The molecule has 0 aliphatic heterocycles. The highest BCUT2D eigenvalue weighted by Gasteiger charge is 2.15. The molecule has 0 fully saturated rings. The predicted molar refractivity (Wildman–Crippen MR) is 94.7 cm³/mol. The van der Waals surface area contributed by atoms with Crippen LogP contribution in [-0.4, -0.2) is 19.4 Å². The first kappa shape index (κ1) is 14.4. The highest BCUT2D eigenvalue weighted by atomic mass is 15.1. The van der Waals surface area contributed by atoms with Crippen LogP contribution in [0.1, 0.15) is 11.1 Å². The number of imidazole rings is 1. The lowest BCUT2D eigenvalue weighted by Crippen LogP contribution is -2.04. The molecule has 3 aromatic heterocycles. The molecule has 0 spiro atoms. The summed E-state index contributed by atoms with van der Waals surface area (Å²) in [6.45, 7) is 2.79. The van der Waals surface area contributed by atoms with Crippen LogP contribution in [0.5, 0.6) is 0 Å². The van der Waals surface area contributed by atoms with E-state index in [4.69, 9.17) is 4.98 Å². The first-order valence-electron chi connectivity index (χ1n) is 7.84. The molecule has 4 rings (SSSR count). The number of anilines is 1. The largest absolute Gasteiger partial charge is 0.365 e. The van der Waals surface area contributed by atoms with Gasteiger partial charge in [-0.3, -0.25) is 14.4 Å². The molecule has 0 atom stereocenters. The van der Waals surface area contributed by atoms with E-state index in [0.29, 0.717) is 0 Å². The first-order chi connectivity index (χ1) is 11.8. The van der Waals surface area contributed by atoms with Gasteiger partial charge in [-0.05, 0) is 24.1 Å². The highest BCUT2D eigenvalue weighted by Crippen LogP contribution is 2.27. The van der Waals surface area contributed by atoms with Gasteiger partial charge in [0.05, 0.1) is 6.20 Å². The van der Waals surface area contributed by atoms with Crippen molar-refractivity contribution in [2.45, 2.75) is 13.5 Å². The predicted octanol–water partition coefficient (Wildman–Crippen LogP) is 3.71. The SMILES string of the molecule is Cc1ccc2nc(-c3cnccn3)c(NCc3ccccc3)n2c1. The number of rotatable bonds is 4. The third kappa shape index (κ3) is 2.72. The van der Waals surface area contributed by atoms with Gasteiger partial charge in [-0.15, -0.1) is 0 Å². The molecule has 1 N–H and O–H groups in total. The lowest BCUT2D eigenvalue weighted by atomic mass is 10.2. The molecule has 0 bridgehead atoms. The molecule has 5 heteroatoms. The maximum absolute atomic E-state index is 4.73. The monoisotopic (exact) mass is 315 g/mol. The summed E-state index contributed by atoms with van der Waals surface area (Å²) in [5.74, 6) is 0.929. The zero-order valence-electron chi connectivity index (χ0n) is 13.3. The van der Waals surface area contributed by atoms with Crippen LogP contribution < -0.4 is 5.32 Å². The second kappa shape index (κ2) is 6.12. The minimum absolute atomic E-state index is 0.718.